The van der Waals surface area contributed by atoms with Crippen LogP contribution in [0.25, 0.3) is 0 Å². The third kappa shape index (κ3) is 2.65. The molecule has 1 aromatic rings. The van der Waals surface area contributed by atoms with Crippen LogP contribution in [-0.4, -0.2) is 35.3 Å². The highest BCUT2D eigenvalue weighted by Crippen LogP contribution is 2.16. The smallest absolute Gasteiger partial charge is 0.333 e. The Labute approximate surface area is 119 Å². The van der Waals surface area contributed by atoms with Crippen LogP contribution in [0.15, 0.2) is 15.7 Å². The summed E-state index contributed by atoms with van der Waals surface area (Å²) in [4.78, 5) is 27.0. The molecule has 1 aromatic heterocycles. The molecule has 20 heavy (non-hydrogen) atoms. The van der Waals surface area contributed by atoms with Crippen LogP contribution in [-0.2, 0) is 0 Å². The average molecular weight is 280 g/mol. The molecule has 0 aromatic carbocycles. The second kappa shape index (κ2) is 5.83. The van der Waals surface area contributed by atoms with Gasteiger partial charge in [-0.3, -0.25) is 13.9 Å². The van der Waals surface area contributed by atoms with Gasteiger partial charge in [0.1, 0.15) is 5.82 Å². The van der Waals surface area contributed by atoms with Crippen molar-refractivity contribution in [3.05, 3.63) is 26.9 Å². The Hall–Kier alpha value is -1.56. The summed E-state index contributed by atoms with van der Waals surface area (Å²) in [7, 11) is 0. The fraction of sp³-hybridized carbons (Fsp3) is 0.714. The number of anilines is 1. The molecule has 0 bridgehead atoms. The Morgan fingerprint density at radius 3 is 2.05 bits per heavy atom. The molecule has 1 aliphatic heterocycles. The molecule has 1 saturated heterocycles. The van der Waals surface area contributed by atoms with Crippen LogP contribution in [0.3, 0.4) is 0 Å². The normalized spacial score (nSPS) is 16.2. The van der Waals surface area contributed by atoms with Crippen molar-refractivity contribution in [1.29, 1.82) is 0 Å². The van der Waals surface area contributed by atoms with Crippen molar-refractivity contribution in [1.82, 2.24) is 14.5 Å². The quantitative estimate of drug-likeness (QED) is 0.880. The van der Waals surface area contributed by atoms with Gasteiger partial charge < -0.3 is 10.2 Å². The summed E-state index contributed by atoms with van der Waals surface area (Å²) >= 11 is 0. The molecule has 1 aliphatic rings. The molecule has 2 heterocycles. The molecule has 0 spiro atoms. The molecule has 0 amide bonds. The van der Waals surface area contributed by atoms with Crippen LogP contribution in [0, 0.1) is 0 Å². The standard InChI is InChI=1S/C14H24N4O2/c1-10(2)17-12(16-7-5-15-6-8-16)9-13(19)18(11(3)4)14(17)20/h9-11,15H,5-8H2,1-4H3. The largest absolute Gasteiger partial charge is 0.355 e. The summed E-state index contributed by atoms with van der Waals surface area (Å²) in [6.45, 7) is 11.0. The van der Waals surface area contributed by atoms with E-state index in [-0.39, 0.29) is 23.3 Å². The first-order chi connectivity index (χ1) is 9.43. The van der Waals surface area contributed by atoms with Gasteiger partial charge in [0.25, 0.3) is 5.56 Å². The summed E-state index contributed by atoms with van der Waals surface area (Å²) in [6, 6.07) is 1.50. The second-order valence-corrected chi connectivity index (χ2v) is 5.79. The van der Waals surface area contributed by atoms with Crippen LogP contribution in [0.2, 0.25) is 0 Å². The van der Waals surface area contributed by atoms with E-state index in [1.807, 2.05) is 27.7 Å². The Morgan fingerprint density at radius 2 is 1.55 bits per heavy atom. The van der Waals surface area contributed by atoms with Gasteiger partial charge >= 0.3 is 5.69 Å². The van der Waals surface area contributed by atoms with Gasteiger partial charge in [0.2, 0.25) is 0 Å². The van der Waals surface area contributed by atoms with Gasteiger partial charge in [-0.1, -0.05) is 0 Å². The van der Waals surface area contributed by atoms with Gasteiger partial charge in [-0.25, -0.2) is 4.79 Å². The predicted molar refractivity (Wildman–Crippen MR) is 80.8 cm³/mol. The molecule has 6 heteroatoms. The maximum Gasteiger partial charge on any atom is 0.333 e. The van der Waals surface area contributed by atoms with Gasteiger partial charge in [-0.05, 0) is 27.7 Å². The average Bonchev–Trinajstić information content (AvgIpc) is 2.38. The molecule has 0 unspecified atom stereocenters. The fourth-order valence-electron chi connectivity index (χ4n) is 2.66. The summed E-state index contributed by atoms with van der Waals surface area (Å²) in [5, 5.41) is 3.28. The molecule has 0 atom stereocenters. The number of hydrogen-bond donors (Lipinski definition) is 1. The zero-order valence-corrected chi connectivity index (χ0v) is 12.7. The fourth-order valence-corrected chi connectivity index (χ4v) is 2.66. The van der Waals surface area contributed by atoms with Gasteiger partial charge in [0.05, 0.1) is 0 Å². The Bertz CT molecular complexity index is 580. The molecular formula is C14H24N4O2. The maximum atomic E-state index is 12.6. The summed E-state index contributed by atoms with van der Waals surface area (Å²) in [5.74, 6) is 0.744. The number of hydrogen-bond acceptors (Lipinski definition) is 4. The van der Waals surface area contributed by atoms with E-state index in [1.54, 1.807) is 10.6 Å². The van der Waals surface area contributed by atoms with Gasteiger partial charge in [0.15, 0.2) is 0 Å². The lowest BCUT2D eigenvalue weighted by atomic mass is 10.3. The van der Waals surface area contributed by atoms with Crippen molar-refractivity contribution in [2.24, 2.45) is 0 Å². The highest BCUT2D eigenvalue weighted by atomic mass is 16.2. The Balaban J connectivity index is 2.62. The zero-order valence-electron chi connectivity index (χ0n) is 12.7. The number of nitrogens with one attached hydrogen (secondary N) is 1. The van der Waals surface area contributed by atoms with Crippen LogP contribution in [0.1, 0.15) is 39.8 Å². The molecule has 0 aliphatic carbocycles. The van der Waals surface area contributed by atoms with E-state index in [0.717, 1.165) is 32.0 Å². The molecule has 6 nitrogen and oxygen atoms in total. The predicted octanol–water partition coefficient (Wildman–Crippen LogP) is 0.581. The van der Waals surface area contributed by atoms with Gasteiger partial charge in [-0.15, -0.1) is 0 Å². The van der Waals surface area contributed by atoms with Crippen molar-refractivity contribution in [3.63, 3.8) is 0 Å². The molecule has 0 saturated carbocycles. The first kappa shape index (κ1) is 14.8. The van der Waals surface area contributed by atoms with Crippen LogP contribution in [0.5, 0.6) is 0 Å². The van der Waals surface area contributed by atoms with E-state index >= 15 is 0 Å². The van der Waals surface area contributed by atoms with Gasteiger partial charge in [0, 0.05) is 44.3 Å². The maximum absolute atomic E-state index is 12.6. The second-order valence-electron chi connectivity index (χ2n) is 5.79. The van der Waals surface area contributed by atoms with Crippen LogP contribution in [0.4, 0.5) is 5.82 Å². The topological polar surface area (TPSA) is 59.3 Å². The van der Waals surface area contributed by atoms with Crippen molar-refractivity contribution in [3.8, 4) is 0 Å². The summed E-state index contributed by atoms with van der Waals surface area (Å²) < 4.78 is 3.05. The van der Waals surface area contributed by atoms with Crippen LogP contribution < -0.4 is 21.5 Å². The van der Waals surface area contributed by atoms with Crippen molar-refractivity contribution >= 4 is 5.82 Å². The van der Waals surface area contributed by atoms with Crippen molar-refractivity contribution < 1.29 is 0 Å². The van der Waals surface area contributed by atoms with E-state index in [2.05, 4.69) is 10.2 Å². The Morgan fingerprint density at radius 1 is 1.00 bits per heavy atom. The molecule has 1 fully saturated rings. The molecule has 2 rings (SSSR count). The number of nitrogens with zero attached hydrogens (tertiary/aromatic N) is 3. The first-order valence-electron chi connectivity index (χ1n) is 7.27. The summed E-state index contributed by atoms with van der Waals surface area (Å²) in [6.07, 6.45) is 0. The minimum Gasteiger partial charge on any atom is -0.355 e. The number of piperazine rings is 1. The molecule has 112 valence electrons. The minimum absolute atomic E-state index is 0.0259. The zero-order chi connectivity index (χ0) is 14.9. The van der Waals surface area contributed by atoms with E-state index in [0.29, 0.717) is 0 Å². The lowest BCUT2D eigenvalue weighted by Gasteiger charge is -2.32. The molecule has 0 radical (unpaired) electrons. The third-order valence-corrected chi connectivity index (χ3v) is 3.62. The molecular weight excluding hydrogens is 256 g/mol. The van der Waals surface area contributed by atoms with Gasteiger partial charge in [-0.2, -0.15) is 0 Å². The van der Waals surface area contributed by atoms with E-state index < -0.39 is 0 Å². The van der Waals surface area contributed by atoms with E-state index in [4.69, 9.17) is 0 Å². The lowest BCUT2D eigenvalue weighted by molar-refractivity contribution is 0.464. The first-order valence-corrected chi connectivity index (χ1v) is 7.27. The SMILES string of the molecule is CC(C)n1c(N2CCNCC2)cc(=O)n(C(C)C)c1=O. The van der Waals surface area contributed by atoms with Crippen molar-refractivity contribution in [2.45, 2.75) is 39.8 Å². The van der Waals surface area contributed by atoms with E-state index in [1.165, 1.54) is 4.57 Å². The van der Waals surface area contributed by atoms with Crippen LogP contribution >= 0.6 is 0 Å². The monoisotopic (exact) mass is 280 g/mol. The minimum atomic E-state index is -0.213. The van der Waals surface area contributed by atoms with Crippen molar-refractivity contribution in [2.75, 3.05) is 31.1 Å². The lowest BCUT2D eigenvalue weighted by Crippen LogP contribution is -2.49. The number of rotatable bonds is 3. The Kier molecular flexibility index (Phi) is 4.32. The highest BCUT2D eigenvalue weighted by molar-refractivity contribution is 5.39. The van der Waals surface area contributed by atoms with E-state index in [9.17, 15) is 9.59 Å². The third-order valence-electron chi connectivity index (χ3n) is 3.62. The molecule has 1 N–H and O–H groups in total. The number of aromatic nitrogens is 2. The summed E-state index contributed by atoms with van der Waals surface area (Å²) in [5.41, 5.74) is -0.425. The highest BCUT2D eigenvalue weighted by Gasteiger charge is 2.20.